The van der Waals surface area contributed by atoms with Crippen molar-refractivity contribution in [3.05, 3.63) is 23.8 Å². The van der Waals surface area contributed by atoms with E-state index in [1.165, 1.54) is 17.8 Å². The van der Waals surface area contributed by atoms with Gasteiger partial charge in [-0.3, -0.25) is 0 Å². The second kappa shape index (κ2) is 4.90. The molecule has 0 fully saturated rings. The Hall–Kier alpha value is -1.68. The number of rotatable bonds is 3. The number of nitrogens with one attached hydrogen (secondary N) is 1. The first-order valence-corrected chi connectivity index (χ1v) is 6.06. The molecule has 1 aromatic heterocycles. The summed E-state index contributed by atoms with van der Waals surface area (Å²) < 4.78 is 37.5. The highest BCUT2D eigenvalue weighted by atomic mass is 32.2. The quantitative estimate of drug-likeness (QED) is 0.685. The van der Waals surface area contributed by atoms with Crippen LogP contribution in [0.15, 0.2) is 23.4 Å². The van der Waals surface area contributed by atoms with Crippen LogP contribution in [0.3, 0.4) is 0 Å². The topological polar surface area (TPSA) is 52.5 Å². The molecule has 18 heavy (non-hydrogen) atoms. The lowest BCUT2D eigenvalue weighted by Gasteiger charge is -2.05. The van der Waals surface area contributed by atoms with E-state index in [2.05, 4.69) is 9.97 Å². The lowest BCUT2D eigenvalue weighted by Crippen LogP contribution is -2.04. The van der Waals surface area contributed by atoms with Gasteiger partial charge in [-0.25, -0.2) is 4.98 Å². The third-order valence-electron chi connectivity index (χ3n) is 2.24. The Morgan fingerprint density at radius 1 is 1.39 bits per heavy atom. The first kappa shape index (κ1) is 12.8. The van der Waals surface area contributed by atoms with E-state index in [4.69, 9.17) is 5.26 Å². The number of fused-ring (bicyclic) bond motifs is 1. The third-order valence-corrected chi connectivity index (χ3v) is 3.12. The van der Waals surface area contributed by atoms with Crippen LogP contribution in [0.4, 0.5) is 13.2 Å². The molecule has 0 amide bonds. The van der Waals surface area contributed by atoms with Crippen LogP contribution in [0.1, 0.15) is 12.0 Å². The number of thioether (sulfide) groups is 1. The summed E-state index contributed by atoms with van der Waals surface area (Å²) in [5.41, 5.74) is 0.138. The van der Waals surface area contributed by atoms with Crippen molar-refractivity contribution in [1.82, 2.24) is 9.97 Å². The van der Waals surface area contributed by atoms with Gasteiger partial charge >= 0.3 is 6.18 Å². The number of aromatic amines is 1. The van der Waals surface area contributed by atoms with Gasteiger partial charge in [-0.05, 0) is 18.2 Å². The minimum Gasteiger partial charge on any atom is -0.333 e. The van der Waals surface area contributed by atoms with Crippen LogP contribution >= 0.6 is 11.8 Å². The molecule has 1 aromatic carbocycles. The van der Waals surface area contributed by atoms with Crippen LogP contribution in [-0.4, -0.2) is 15.7 Å². The molecule has 2 rings (SSSR count). The van der Waals surface area contributed by atoms with Gasteiger partial charge in [-0.2, -0.15) is 18.4 Å². The highest BCUT2D eigenvalue weighted by Gasteiger charge is 2.30. The smallest absolute Gasteiger partial charge is 0.333 e. The van der Waals surface area contributed by atoms with E-state index in [9.17, 15) is 13.2 Å². The molecule has 0 unspecified atom stereocenters. The molecule has 1 N–H and O–H groups in total. The number of hydrogen-bond acceptors (Lipinski definition) is 3. The first-order chi connectivity index (χ1) is 8.50. The maximum Gasteiger partial charge on any atom is 0.416 e. The van der Waals surface area contributed by atoms with Crippen molar-refractivity contribution < 1.29 is 13.2 Å². The fourth-order valence-corrected chi connectivity index (χ4v) is 2.16. The predicted octanol–water partition coefficient (Wildman–Crippen LogP) is 3.59. The summed E-state index contributed by atoms with van der Waals surface area (Å²) in [6.45, 7) is 0. The van der Waals surface area contributed by atoms with Gasteiger partial charge in [0.2, 0.25) is 0 Å². The predicted molar refractivity (Wildman–Crippen MR) is 62.0 cm³/mol. The maximum atomic E-state index is 12.5. The summed E-state index contributed by atoms with van der Waals surface area (Å²) in [5.74, 6) is 0.558. The van der Waals surface area contributed by atoms with E-state index >= 15 is 0 Å². The molecule has 7 heteroatoms. The first-order valence-electron chi connectivity index (χ1n) is 5.07. The second-order valence-corrected chi connectivity index (χ2v) is 4.61. The van der Waals surface area contributed by atoms with Crippen LogP contribution in [0.25, 0.3) is 11.0 Å². The normalized spacial score (nSPS) is 11.7. The Morgan fingerprint density at radius 2 is 2.17 bits per heavy atom. The van der Waals surface area contributed by atoms with Gasteiger partial charge in [-0.15, -0.1) is 0 Å². The van der Waals surface area contributed by atoms with Crippen LogP contribution < -0.4 is 0 Å². The molecule has 2 aromatic rings. The van der Waals surface area contributed by atoms with Gasteiger partial charge in [0.05, 0.1) is 22.7 Å². The molecular weight excluding hydrogens is 263 g/mol. The largest absolute Gasteiger partial charge is 0.416 e. The molecule has 0 aliphatic rings. The van der Waals surface area contributed by atoms with Gasteiger partial charge < -0.3 is 4.98 Å². The van der Waals surface area contributed by atoms with E-state index < -0.39 is 11.7 Å². The van der Waals surface area contributed by atoms with Gasteiger partial charge in [0.15, 0.2) is 5.16 Å². The molecule has 94 valence electrons. The molecule has 0 spiro atoms. The van der Waals surface area contributed by atoms with Crippen LogP contribution in [-0.2, 0) is 6.18 Å². The molecular formula is C11H8F3N3S. The summed E-state index contributed by atoms with van der Waals surface area (Å²) >= 11 is 1.31. The van der Waals surface area contributed by atoms with Crippen LogP contribution in [0.5, 0.6) is 0 Å². The fourth-order valence-electron chi connectivity index (χ4n) is 1.42. The van der Waals surface area contributed by atoms with Gasteiger partial charge in [-0.1, -0.05) is 11.8 Å². The van der Waals surface area contributed by atoms with Crippen molar-refractivity contribution in [2.45, 2.75) is 17.8 Å². The van der Waals surface area contributed by atoms with E-state index in [-0.39, 0.29) is 0 Å². The Bertz CT molecular complexity index is 598. The number of halogens is 3. The zero-order valence-electron chi connectivity index (χ0n) is 9.08. The number of aromatic nitrogens is 2. The standard InChI is InChI=1S/C11H8F3N3S/c12-11(13,14)7-2-3-8-9(6-7)17-10(16-8)18-5-1-4-15/h2-3,6H,1,5H2,(H,16,17). The average Bonchev–Trinajstić information content (AvgIpc) is 2.69. The lowest BCUT2D eigenvalue weighted by atomic mass is 10.2. The molecule has 1 heterocycles. The number of nitriles is 1. The van der Waals surface area contributed by atoms with Crippen molar-refractivity contribution in [3.63, 3.8) is 0 Å². The number of H-pyrrole nitrogens is 1. The van der Waals surface area contributed by atoms with Crippen molar-refractivity contribution in [2.24, 2.45) is 0 Å². The average molecular weight is 271 g/mol. The molecule has 0 atom stereocenters. The molecule has 0 saturated carbocycles. The maximum absolute atomic E-state index is 12.5. The van der Waals surface area contributed by atoms with Crippen LogP contribution in [0.2, 0.25) is 0 Å². The Labute approximate surface area is 105 Å². The summed E-state index contributed by atoms with van der Waals surface area (Å²) in [5, 5.41) is 8.92. The number of alkyl halides is 3. The molecule has 0 radical (unpaired) electrons. The summed E-state index contributed by atoms with van der Waals surface area (Å²) in [6, 6.07) is 5.37. The highest BCUT2D eigenvalue weighted by Crippen LogP contribution is 2.31. The highest BCUT2D eigenvalue weighted by molar-refractivity contribution is 7.99. The van der Waals surface area contributed by atoms with Gasteiger partial charge in [0.25, 0.3) is 0 Å². The van der Waals surface area contributed by atoms with Crippen LogP contribution in [0, 0.1) is 11.3 Å². The molecule has 0 bridgehead atoms. The minimum absolute atomic E-state index is 0.351. The monoisotopic (exact) mass is 271 g/mol. The van der Waals surface area contributed by atoms with Gasteiger partial charge in [0.1, 0.15) is 0 Å². The van der Waals surface area contributed by atoms with E-state index in [1.807, 2.05) is 6.07 Å². The van der Waals surface area contributed by atoms with E-state index in [0.29, 0.717) is 28.4 Å². The van der Waals surface area contributed by atoms with Crippen molar-refractivity contribution >= 4 is 22.8 Å². The Kier molecular flexibility index (Phi) is 3.48. The number of hydrogen-bond donors (Lipinski definition) is 1. The van der Waals surface area contributed by atoms with E-state index in [0.717, 1.165) is 12.1 Å². The number of benzene rings is 1. The van der Waals surface area contributed by atoms with Gasteiger partial charge in [0, 0.05) is 12.2 Å². The fraction of sp³-hybridized carbons (Fsp3) is 0.273. The summed E-state index contributed by atoms with van der Waals surface area (Å²) in [7, 11) is 0. The third kappa shape index (κ3) is 2.76. The van der Waals surface area contributed by atoms with Crippen molar-refractivity contribution in [3.8, 4) is 6.07 Å². The zero-order chi connectivity index (χ0) is 13.2. The SMILES string of the molecule is N#CCCSc1nc2ccc(C(F)(F)F)cc2[nH]1. The summed E-state index contributed by atoms with van der Waals surface area (Å²) in [4.78, 5) is 6.95. The summed E-state index contributed by atoms with van der Waals surface area (Å²) in [6.07, 6.45) is -3.98. The Morgan fingerprint density at radius 3 is 2.83 bits per heavy atom. The zero-order valence-corrected chi connectivity index (χ0v) is 9.90. The second-order valence-electron chi connectivity index (χ2n) is 3.53. The molecule has 0 saturated heterocycles. The minimum atomic E-state index is -4.35. The van der Waals surface area contributed by atoms with Crippen molar-refractivity contribution in [1.29, 1.82) is 5.26 Å². The van der Waals surface area contributed by atoms with E-state index in [1.54, 1.807) is 0 Å². The number of imidazole rings is 1. The molecule has 0 aliphatic carbocycles. The molecule has 3 nitrogen and oxygen atoms in total. The van der Waals surface area contributed by atoms with Crippen molar-refractivity contribution in [2.75, 3.05) is 5.75 Å². The number of nitrogens with zero attached hydrogens (tertiary/aromatic N) is 2. The molecule has 0 aliphatic heterocycles. The Balaban J connectivity index is 2.26. The lowest BCUT2D eigenvalue weighted by molar-refractivity contribution is -0.137.